The Kier molecular flexibility index (Phi) is 4.65. The Morgan fingerprint density at radius 2 is 1.38 bits per heavy atom. The van der Waals surface area contributed by atoms with Gasteiger partial charge in [0.2, 0.25) is 0 Å². The maximum atomic E-state index is 10.0. The van der Waals surface area contributed by atoms with Crippen LogP contribution in [-0.2, 0) is 0 Å². The lowest BCUT2D eigenvalue weighted by Crippen LogP contribution is -1.99. The molecule has 0 N–H and O–H groups in total. The lowest BCUT2D eigenvalue weighted by molar-refractivity contribution is 0.670. The molecule has 3 heterocycles. The van der Waals surface area contributed by atoms with Crippen LogP contribution in [0.15, 0.2) is 132 Å². The molecule has 6 aromatic carbocycles. The number of rotatable bonds is 2. The number of furan rings is 1. The number of hydrogen-bond acceptors (Lipinski definition) is 3. The molecule has 0 unspecified atom stereocenters. The fraction of sp³-hybridized carbons (Fsp3) is 0. The third-order valence-corrected chi connectivity index (χ3v) is 8.42. The first-order chi connectivity index (χ1) is 20.8. The van der Waals surface area contributed by atoms with Crippen LogP contribution in [0.25, 0.3) is 82.4 Å². The largest absolute Gasteiger partial charge is 0.455 e. The molecular formula is C38H21N3O. The number of benzene rings is 6. The highest BCUT2D eigenvalue weighted by Gasteiger charge is 2.19. The van der Waals surface area contributed by atoms with E-state index in [1.165, 1.54) is 10.8 Å². The molecule has 9 rings (SSSR count). The van der Waals surface area contributed by atoms with Gasteiger partial charge in [-0.2, -0.15) is 5.26 Å². The van der Waals surface area contributed by atoms with Gasteiger partial charge in [-0.1, -0.05) is 91.0 Å². The fourth-order valence-electron chi connectivity index (χ4n) is 6.55. The molecule has 0 fully saturated rings. The predicted molar refractivity (Wildman–Crippen MR) is 171 cm³/mol. The van der Waals surface area contributed by atoms with Gasteiger partial charge < -0.3 is 4.42 Å². The summed E-state index contributed by atoms with van der Waals surface area (Å²) < 4.78 is 8.59. The Balaban J connectivity index is 1.39. The third kappa shape index (κ3) is 3.13. The zero-order valence-corrected chi connectivity index (χ0v) is 22.4. The molecule has 0 amide bonds. The van der Waals surface area contributed by atoms with E-state index in [0.717, 1.165) is 71.6 Å². The van der Waals surface area contributed by atoms with Crippen molar-refractivity contribution in [2.24, 2.45) is 0 Å². The van der Waals surface area contributed by atoms with E-state index < -0.39 is 0 Å². The molecule has 194 valence electrons. The van der Waals surface area contributed by atoms with Crippen molar-refractivity contribution < 1.29 is 4.42 Å². The second-order valence-corrected chi connectivity index (χ2v) is 10.7. The van der Waals surface area contributed by atoms with Crippen LogP contribution in [0, 0.1) is 11.3 Å². The standard InChI is InChI=1S/C38H21N3O/c39-22-25-21-36(40-32-14-5-3-9-26(25)32)41-33-18-17-24(20-31(33)37-27-10-2-1-8-23(27)16-19-34(37)41)28-12-7-13-30-29-11-4-6-15-35(29)42-38(28)30/h1-21H. The summed E-state index contributed by atoms with van der Waals surface area (Å²) in [7, 11) is 0. The molecule has 0 aliphatic heterocycles. The van der Waals surface area contributed by atoms with E-state index in [2.05, 4.69) is 95.6 Å². The summed E-state index contributed by atoms with van der Waals surface area (Å²) in [6, 6.07) is 46.1. The average molecular weight is 536 g/mol. The summed E-state index contributed by atoms with van der Waals surface area (Å²) in [5, 5.41) is 17.8. The van der Waals surface area contributed by atoms with Gasteiger partial charge in [0.25, 0.3) is 0 Å². The van der Waals surface area contributed by atoms with Crippen molar-refractivity contribution in [1.82, 2.24) is 9.55 Å². The first-order valence-corrected chi connectivity index (χ1v) is 14.0. The highest BCUT2D eigenvalue weighted by molar-refractivity contribution is 6.22. The van der Waals surface area contributed by atoms with E-state index >= 15 is 0 Å². The number of aromatic nitrogens is 2. The average Bonchev–Trinajstić information content (AvgIpc) is 3.60. The van der Waals surface area contributed by atoms with Gasteiger partial charge in [0.15, 0.2) is 0 Å². The van der Waals surface area contributed by atoms with Crippen LogP contribution in [-0.4, -0.2) is 9.55 Å². The van der Waals surface area contributed by atoms with Crippen LogP contribution in [0.1, 0.15) is 5.56 Å². The molecule has 4 nitrogen and oxygen atoms in total. The normalized spacial score (nSPS) is 11.8. The summed E-state index contributed by atoms with van der Waals surface area (Å²) in [4.78, 5) is 5.05. The Labute approximate surface area is 240 Å². The highest BCUT2D eigenvalue weighted by Crippen LogP contribution is 2.41. The molecular weight excluding hydrogens is 514 g/mol. The predicted octanol–water partition coefficient (Wildman–Crippen LogP) is 9.92. The molecule has 0 aliphatic carbocycles. The lowest BCUT2D eigenvalue weighted by atomic mass is 9.99. The van der Waals surface area contributed by atoms with Crippen molar-refractivity contribution in [3.8, 4) is 23.0 Å². The van der Waals surface area contributed by atoms with Gasteiger partial charge >= 0.3 is 0 Å². The van der Waals surface area contributed by atoms with E-state index in [0.29, 0.717) is 5.56 Å². The van der Waals surface area contributed by atoms with E-state index in [4.69, 9.17) is 9.40 Å². The van der Waals surface area contributed by atoms with Crippen molar-refractivity contribution >= 4 is 65.4 Å². The molecule has 42 heavy (non-hydrogen) atoms. The number of hydrogen-bond donors (Lipinski definition) is 0. The molecule has 0 saturated heterocycles. The lowest BCUT2D eigenvalue weighted by Gasteiger charge is -2.10. The summed E-state index contributed by atoms with van der Waals surface area (Å²) in [5.41, 5.74) is 7.42. The zero-order chi connectivity index (χ0) is 27.8. The van der Waals surface area contributed by atoms with Crippen LogP contribution >= 0.6 is 0 Å². The second kappa shape index (κ2) is 8.54. The molecule has 0 spiro atoms. The second-order valence-electron chi connectivity index (χ2n) is 10.7. The Hall–Kier alpha value is -5.92. The molecule has 0 atom stereocenters. The summed E-state index contributed by atoms with van der Waals surface area (Å²) in [6.07, 6.45) is 0. The van der Waals surface area contributed by atoms with E-state index in [9.17, 15) is 5.26 Å². The number of nitriles is 1. The third-order valence-electron chi connectivity index (χ3n) is 8.42. The van der Waals surface area contributed by atoms with Crippen molar-refractivity contribution in [3.63, 3.8) is 0 Å². The first-order valence-electron chi connectivity index (χ1n) is 14.0. The topological polar surface area (TPSA) is 54.8 Å². The Morgan fingerprint density at radius 3 is 2.29 bits per heavy atom. The SMILES string of the molecule is N#Cc1cc(-n2c3ccc(-c4cccc5c4oc4ccccc45)cc3c3c4ccccc4ccc32)nc2ccccc12. The van der Waals surface area contributed by atoms with Crippen molar-refractivity contribution in [2.45, 2.75) is 0 Å². The van der Waals surface area contributed by atoms with Gasteiger partial charge in [0, 0.05) is 32.5 Å². The van der Waals surface area contributed by atoms with Crippen LogP contribution in [0.2, 0.25) is 0 Å². The maximum Gasteiger partial charge on any atom is 0.143 e. The van der Waals surface area contributed by atoms with E-state index in [-0.39, 0.29) is 0 Å². The van der Waals surface area contributed by atoms with Crippen LogP contribution < -0.4 is 0 Å². The minimum Gasteiger partial charge on any atom is -0.455 e. The van der Waals surface area contributed by atoms with Crippen LogP contribution in [0.5, 0.6) is 0 Å². The van der Waals surface area contributed by atoms with Crippen LogP contribution in [0.4, 0.5) is 0 Å². The first kappa shape index (κ1) is 22.9. The van der Waals surface area contributed by atoms with Gasteiger partial charge in [-0.05, 0) is 52.7 Å². The van der Waals surface area contributed by atoms with Gasteiger partial charge in [0.05, 0.1) is 28.2 Å². The number of nitrogens with zero attached hydrogens (tertiary/aromatic N) is 3. The number of para-hydroxylation sites is 3. The van der Waals surface area contributed by atoms with Gasteiger partial charge in [-0.3, -0.25) is 4.57 Å². The monoisotopic (exact) mass is 535 g/mol. The van der Waals surface area contributed by atoms with Crippen molar-refractivity contribution in [2.75, 3.05) is 0 Å². The highest BCUT2D eigenvalue weighted by atomic mass is 16.3. The molecule has 0 radical (unpaired) electrons. The molecule has 0 saturated carbocycles. The smallest absolute Gasteiger partial charge is 0.143 e. The maximum absolute atomic E-state index is 10.0. The molecule has 9 aromatic rings. The van der Waals surface area contributed by atoms with Crippen molar-refractivity contribution in [1.29, 1.82) is 5.26 Å². The van der Waals surface area contributed by atoms with Crippen LogP contribution in [0.3, 0.4) is 0 Å². The molecule has 0 aliphatic rings. The minimum absolute atomic E-state index is 0.611. The van der Waals surface area contributed by atoms with Crippen molar-refractivity contribution in [3.05, 3.63) is 133 Å². The van der Waals surface area contributed by atoms with E-state index in [1.54, 1.807) is 0 Å². The quantitative estimate of drug-likeness (QED) is 0.221. The minimum atomic E-state index is 0.611. The number of fused-ring (bicyclic) bond motifs is 9. The van der Waals surface area contributed by atoms with Gasteiger partial charge in [-0.15, -0.1) is 0 Å². The Bertz CT molecular complexity index is 2600. The molecule has 3 aromatic heterocycles. The Morgan fingerprint density at radius 1 is 0.619 bits per heavy atom. The number of pyridine rings is 1. The fourth-order valence-corrected chi connectivity index (χ4v) is 6.55. The molecule has 0 bridgehead atoms. The summed E-state index contributed by atoms with van der Waals surface area (Å²) in [6.45, 7) is 0. The zero-order valence-electron chi connectivity index (χ0n) is 22.4. The van der Waals surface area contributed by atoms with Gasteiger partial charge in [0.1, 0.15) is 17.0 Å². The summed E-state index contributed by atoms with van der Waals surface area (Å²) >= 11 is 0. The van der Waals surface area contributed by atoms with E-state index in [1.807, 2.05) is 42.5 Å². The molecule has 4 heteroatoms. The van der Waals surface area contributed by atoms with Gasteiger partial charge in [-0.25, -0.2) is 4.98 Å². The summed E-state index contributed by atoms with van der Waals surface area (Å²) in [5.74, 6) is 0.729.